The zero-order valence-corrected chi connectivity index (χ0v) is 16.2. The summed E-state index contributed by atoms with van der Waals surface area (Å²) >= 11 is 0. The zero-order valence-electron chi connectivity index (χ0n) is 16.2. The van der Waals surface area contributed by atoms with Crippen molar-refractivity contribution < 1.29 is 9.53 Å². The quantitative estimate of drug-likeness (QED) is 0.842. The van der Waals surface area contributed by atoms with Crippen LogP contribution in [0.15, 0.2) is 30.3 Å². The Morgan fingerprint density at radius 2 is 1.81 bits per heavy atom. The predicted octanol–water partition coefficient (Wildman–Crippen LogP) is 2.25. The van der Waals surface area contributed by atoms with E-state index in [-0.39, 0.29) is 12.5 Å². The number of carbonyl (C=O) groups excluding carboxylic acids is 1. The molecule has 1 aliphatic heterocycles. The molecule has 1 aliphatic rings. The molecule has 27 heavy (non-hydrogen) atoms. The van der Waals surface area contributed by atoms with Crippen LogP contribution < -0.4 is 15.0 Å². The van der Waals surface area contributed by atoms with Gasteiger partial charge >= 0.3 is 0 Å². The molecule has 2 aromatic rings. The second kappa shape index (κ2) is 8.70. The number of benzene rings is 1. The van der Waals surface area contributed by atoms with Crippen molar-refractivity contribution in [3.63, 3.8) is 0 Å². The monoisotopic (exact) mass is 369 g/mol. The third-order valence-corrected chi connectivity index (χ3v) is 4.50. The maximum Gasteiger partial charge on any atom is 0.260 e. The lowest BCUT2D eigenvalue weighted by Gasteiger charge is -2.34. The highest BCUT2D eigenvalue weighted by molar-refractivity contribution is 5.78. The lowest BCUT2D eigenvalue weighted by atomic mass is 10.2. The van der Waals surface area contributed by atoms with Gasteiger partial charge in [-0.05, 0) is 32.9 Å². The minimum atomic E-state index is 0.00808. The van der Waals surface area contributed by atoms with E-state index in [4.69, 9.17) is 4.74 Å². The van der Waals surface area contributed by atoms with E-state index in [1.54, 1.807) is 0 Å². The molecule has 0 spiro atoms. The van der Waals surface area contributed by atoms with Crippen LogP contribution in [0, 0.1) is 13.8 Å². The minimum Gasteiger partial charge on any atom is -0.484 e. The molecule has 1 amide bonds. The van der Waals surface area contributed by atoms with Crippen LogP contribution in [0.25, 0.3) is 0 Å². The molecule has 1 aromatic carbocycles. The standard InChI is InChI=1S/C20H27N5O2/c1-4-21-18-13-16(3)22-20(23-18)25-11-9-24(10-12-25)19(26)14-27-17-7-5-15(2)6-8-17/h5-8,13H,4,9-12,14H2,1-3H3,(H,21,22,23). The van der Waals surface area contributed by atoms with E-state index in [9.17, 15) is 4.79 Å². The van der Waals surface area contributed by atoms with E-state index in [1.165, 1.54) is 5.56 Å². The smallest absolute Gasteiger partial charge is 0.260 e. The Hall–Kier alpha value is -2.83. The van der Waals surface area contributed by atoms with Crippen LogP contribution in [-0.4, -0.2) is 60.1 Å². The first-order valence-corrected chi connectivity index (χ1v) is 9.37. The van der Waals surface area contributed by atoms with Crippen LogP contribution >= 0.6 is 0 Å². The van der Waals surface area contributed by atoms with E-state index >= 15 is 0 Å². The van der Waals surface area contributed by atoms with Gasteiger partial charge in [-0.2, -0.15) is 4.98 Å². The number of amides is 1. The minimum absolute atomic E-state index is 0.00808. The Labute approximate surface area is 160 Å². The lowest BCUT2D eigenvalue weighted by molar-refractivity contribution is -0.133. The van der Waals surface area contributed by atoms with E-state index in [1.807, 2.05) is 56.0 Å². The summed E-state index contributed by atoms with van der Waals surface area (Å²) in [6.45, 7) is 9.63. The summed E-state index contributed by atoms with van der Waals surface area (Å²) in [7, 11) is 0. The summed E-state index contributed by atoms with van der Waals surface area (Å²) in [5.74, 6) is 2.28. The van der Waals surface area contributed by atoms with Gasteiger partial charge in [-0.3, -0.25) is 4.79 Å². The highest BCUT2D eigenvalue weighted by Gasteiger charge is 2.23. The van der Waals surface area contributed by atoms with Crippen LogP contribution in [0.1, 0.15) is 18.2 Å². The van der Waals surface area contributed by atoms with Gasteiger partial charge in [0, 0.05) is 44.5 Å². The summed E-state index contributed by atoms with van der Waals surface area (Å²) in [4.78, 5) is 25.5. The molecule has 0 saturated carbocycles. The number of aromatic nitrogens is 2. The third kappa shape index (κ3) is 5.09. The fourth-order valence-corrected chi connectivity index (χ4v) is 2.99. The number of nitrogens with one attached hydrogen (secondary N) is 1. The highest BCUT2D eigenvalue weighted by Crippen LogP contribution is 2.16. The van der Waals surface area contributed by atoms with Crippen molar-refractivity contribution in [2.45, 2.75) is 20.8 Å². The molecule has 144 valence electrons. The lowest BCUT2D eigenvalue weighted by Crippen LogP contribution is -2.50. The molecule has 0 bridgehead atoms. The summed E-state index contributed by atoms with van der Waals surface area (Å²) in [5, 5.41) is 3.23. The van der Waals surface area contributed by atoms with Crippen molar-refractivity contribution in [1.82, 2.24) is 14.9 Å². The maximum atomic E-state index is 12.4. The number of anilines is 2. The summed E-state index contributed by atoms with van der Waals surface area (Å²) in [5.41, 5.74) is 2.10. The average Bonchev–Trinajstić information content (AvgIpc) is 2.67. The highest BCUT2D eigenvalue weighted by atomic mass is 16.5. The van der Waals surface area contributed by atoms with Crippen molar-refractivity contribution in [2.24, 2.45) is 0 Å². The Morgan fingerprint density at radius 1 is 1.11 bits per heavy atom. The molecule has 3 rings (SSSR count). The van der Waals surface area contributed by atoms with Crippen molar-refractivity contribution in [3.8, 4) is 5.75 Å². The van der Waals surface area contributed by atoms with Crippen LogP contribution in [-0.2, 0) is 4.79 Å². The van der Waals surface area contributed by atoms with Crippen LogP contribution in [0.2, 0.25) is 0 Å². The number of ether oxygens (including phenoxy) is 1. The van der Waals surface area contributed by atoms with Crippen molar-refractivity contribution in [1.29, 1.82) is 0 Å². The first kappa shape index (κ1) is 18.9. The predicted molar refractivity (Wildman–Crippen MR) is 106 cm³/mol. The number of rotatable bonds is 6. The van der Waals surface area contributed by atoms with Gasteiger partial charge in [-0.25, -0.2) is 4.98 Å². The van der Waals surface area contributed by atoms with Crippen LogP contribution in [0.3, 0.4) is 0 Å². The fraction of sp³-hybridized carbons (Fsp3) is 0.450. The number of nitrogens with zero attached hydrogens (tertiary/aromatic N) is 4. The van der Waals surface area contributed by atoms with Crippen LogP contribution in [0.4, 0.5) is 11.8 Å². The molecule has 0 radical (unpaired) electrons. The van der Waals surface area contributed by atoms with Crippen molar-refractivity contribution in [3.05, 3.63) is 41.6 Å². The van der Waals surface area contributed by atoms with Gasteiger partial charge in [0.15, 0.2) is 6.61 Å². The first-order chi connectivity index (χ1) is 13.0. The van der Waals surface area contributed by atoms with Crippen LogP contribution in [0.5, 0.6) is 5.75 Å². The van der Waals surface area contributed by atoms with E-state index in [0.29, 0.717) is 32.1 Å². The fourth-order valence-electron chi connectivity index (χ4n) is 2.99. The molecule has 0 aliphatic carbocycles. The van der Waals surface area contributed by atoms with Gasteiger partial charge < -0.3 is 19.9 Å². The van der Waals surface area contributed by atoms with Gasteiger partial charge in [-0.15, -0.1) is 0 Å². The topological polar surface area (TPSA) is 70.6 Å². The van der Waals surface area contributed by atoms with Gasteiger partial charge in [0.25, 0.3) is 5.91 Å². The molecule has 7 heteroatoms. The summed E-state index contributed by atoms with van der Waals surface area (Å²) in [6, 6.07) is 9.66. The first-order valence-electron chi connectivity index (χ1n) is 9.37. The van der Waals surface area contributed by atoms with Gasteiger partial charge in [0.2, 0.25) is 5.95 Å². The molecule has 1 aromatic heterocycles. The molecular weight excluding hydrogens is 342 g/mol. The zero-order chi connectivity index (χ0) is 19.2. The number of carbonyl (C=O) groups is 1. The van der Waals surface area contributed by atoms with Crippen molar-refractivity contribution in [2.75, 3.05) is 49.5 Å². The molecule has 1 N–H and O–H groups in total. The van der Waals surface area contributed by atoms with E-state index in [0.717, 1.165) is 23.8 Å². The number of hydrogen-bond donors (Lipinski definition) is 1. The summed E-state index contributed by atoms with van der Waals surface area (Å²) in [6.07, 6.45) is 0. The SMILES string of the molecule is CCNc1cc(C)nc(N2CCN(C(=O)COc3ccc(C)cc3)CC2)n1. The molecule has 7 nitrogen and oxygen atoms in total. The van der Waals surface area contributed by atoms with Crippen molar-refractivity contribution >= 4 is 17.7 Å². The number of aryl methyl sites for hydroxylation is 2. The Morgan fingerprint density at radius 3 is 2.48 bits per heavy atom. The average molecular weight is 369 g/mol. The molecule has 1 fully saturated rings. The van der Waals surface area contributed by atoms with E-state index < -0.39 is 0 Å². The maximum absolute atomic E-state index is 12.4. The molecular formula is C20H27N5O2. The Kier molecular flexibility index (Phi) is 6.11. The van der Waals surface area contributed by atoms with Gasteiger partial charge in [0.05, 0.1) is 0 Å². The second-order valence-electron chi connectivity index (χ2n) is 6.69. The molecule has 0 atom stereocenters. The van der Waals surface area contributed by atoms with Gasteiger partial charge in [-0.1, -0.05) is 17.7 Å². The van der Waals surface area contributed by atoms with Gasteiger partial charge in [0.1, 0.15) is 11.6 Å². The normalized spacial score (nSPS) is 14.2. The number of piperazine rings is 1. The summed E-state index contributed by atoms with van der Waals surface area (Å²) < 4.78 is 5.61. The molecule has 0 unspecified atom stereocenters. The third-order valence-electron chi connectivity index (χ3n) is 4.50. The Balaban J connectivity index is 1.52. The molecule has 1 saturated heterocycles. The largest absolute Gasteiger partial charge is 0.484 e. The molecule has 2 heterocycles. The van der Waals surface area contributed by atoms with E-state index in [2.05, 4.69) is 20.2 Å². The Bertz CT molecular complexity index is 770. The second-order valence-corrected chi connectivity index (χ2v) is 6.69. The number of hydrogen-bond acceptors (Lipinski definition) is 6.